The number of carbonyl (C=O) groups excluding carboxylic acids is 1. The molecule has 3 aromatic carbocycles. The van der Waals surface area contributed by atoms with Crippen molar-refractivity contribution in [3.05, 3.63) is 104 Å². The van der Waals surface area contributed by atoms with Crippen molar-refractivity contribution in [3.8, 4) is 5.75 Å². The molecule has 0 aliphatic carbocycles. The number of aromatic amines is 1. The smallest absolute Gasteiger partial charge is 0.322 e. The minimum atomic E-state index is -0.383. The van der Waals surface area contributed by atoms with Gasteiger partial charge in [-0.15, -0.1) is 0 Å². The maximum absolute atomic E-state index is 13.2. The van der Waals surface area contributed by atoms with Crippen LogP contribution in [0, 0.1) is 0 Å². The van der Waals surface area contributed by atoms with Gasteiger partial charge in [-0.3, -0.25) is 4.79 Å². The molecule has 2 N–H and O–H groups in total. The number of nitrogens with one attached hydrogen (secondary N) is 2. The van der Waals surface area contributed by atoms with Gasteiger partial charge in [-0.2, -0.15) is 0 Å². The summed E-state index contributed by atoms with van der Waals surface area (Å²) in [6.07, 6.45) is 0. The molecule has 6 nitrogen and oxygen atoms in total. The van der Waals surface area contributed by atoms with Gasteiger partial charge in [0.1, 0.15) is 5.75 Å². The van der Waals surface area contributed by atoms with E-state index < -0.39 is 0 Å². The van der Waals surface area contributed by atoms with Gasteiger partial charge in [-0.05, 0) is 53.4 Å². The van der Waals surface area contributed by atoms with Gasteiger partial charge in [0.25, 0.3) is 5.56 Å². The maximum atomic E-state index is 13.2. The van der Waals surface area contributed by atoms with E-state index in [0.717, 1.165) is 10.9 Å². The number of benzene rings is 3. The van der Waals surface area contributed by atoms with E-state index in [0.29, 0.717) is 32.6 Å². The molecular weight excluding hydrogens is 461 g/mol. The molecule has 33 heavy (non-hydrogen) atoms. The fourth-order valence-electron chi connectivity index (χ4n) is 3.48. The summed E-state index contributed by atoms with van der Waals surface area (Å²) >= 11 is 12.4. The standard InChI is InChI=1S/C25H21Cl2N3O3/c1-33-21-10-9-16-11-18(24(31)29-23(16)13-21)15-30(14-17-5-2-3-8-22(17)27)25(32)28-20-7-4-6-19(26)12-20/h2-13H,14-15H2,1H3,(H,28,32)(H,29,31). The Balaban J connectivity index is 1.66. The van der Waals surface area contributed by atoms with E-state index in [-0.39, 0.29) is 24.7 Å². The lowest BCUT2D eigenvalue weighted by atomic mass is 10.1. The highest BCUT2D eigenvalue weighted by Crippen LogP contribution is 2.22. The normalized spacial score (nSPS) is 10.8. The van der Waals surface area contributed by atoms with Gasteiger partial charge in [0, 0.05) is 33.9 Å². The summed E-state index contributed by atoms with van der Waals surface area (Å²) < 4.78 is 5.23. The van der Waals surface area contributed by atoms with Crippen molar-refractivity contribution in [1.29, 1.82) is 0 Å². The third kappa shape index (κ3) is 5.48. The number of hydrogen-bond acceptors (Lipinski definition) is 3. The number of pyridine rings is 1. The van der Waals surface area contributed by atoms with Crippen molar-refractivity contribution in [1.82, 2.24) is 9.88 Å². The second kappa shape index (κ2) is 9.98. The zero-order valence-electron chi connectivity index (χ0n) is 17.8. The van der Waals surface area contributed by atoms with Gasteiger partial charge < -0.3 is 19.9 Å². The number of amides is 2. The quantitative estimate of drug-likeness (QED) is 0.350. The van der Waals surface area contributed by atoms with Crippen molar-refractivity contribution in [2.75, 3.05) is 12.4 Å². The average molecular weight is 482 g/mol. The van der Waals surface area contributed by atoms with E-state index in [1.165, 1.54) is 4.90 Å². The number of hydrogen-bond donors (Lipinski definition) is 2. The lowest BCUT2D eigenvalue weighted by Crippen LogP contribution is -2.35. The Morgan fingerprint density at radius 2 is 1.76 bits per heavy atom. The number of methoxy groups -OCH3 is 1. The molecule has 0 spiro atoms. The molecule has 0 aliphatic heterocycles. The topological polar surface area (TPSA) is 74.4 Å². The fraction of sp³-hybridized carbons (Fsp3) is 0.120. The van der Waals surface area contributed by atoms with Gasteiger partial charge in [0.05, 0.1) is 19.2 Å². The van der Waals surface area contributed by atoms with E-state index in [9.17, 15) is 9.59 Å². The van der Waals surface area contributed by atoms with Gasteiger partial charge in [0.2, 0.25) is 0 Å². The molecule has 168 valence electrons. The van der Waals surface area contributed by atoms with E-state index in [1.54, 1.807) is 49.6 Å². The summed E-state index contributed by atoms with van der Waals surface area (Å²) in [5, 5.41) is 4.72. The number of urea groups is 1. The second-order valence-electron chi connectivity index (χ2n) is 7.46. The number of aromatic nitrogens is 1. The molecule has 0 atom stereocenters. The minimum absolute atomic E-state index is 0.0783. The number of nitrogens with zero attached hydrogens (tertiary/aromatic N) is 1. The summed E-state index contributed by atoms with van der Waals surface area (Å²) in [5.41, 5.74) is 2.14. The van der Waals surface area contributed by atoms with Crippen LogP contribution in [0.25, 0.3) is 10.9 Å². The van der Waals surface area contributed by atoms with Crippen LogP contribution in [0.1, 0.15) is 11.1 Å². The molecule has 1 aromatic heterocycles. The maximum Gasteiger partial charge on any atom is 0.322 e. The van der Waals surface area contributed by atoms with Gasteiger partial charge in [-0.25, -0.2) is 4.79 Å². The van der Waals surface area contributed by atoms with Crippen molar-refractivity contribution in [2.24, 2.45) is 0 Å². The third-order valence-electron chi connectivity index (χ3n) is 5.17. The van der Waals surface area contributed by atoms with Gasteiger partial charge in [-0.1, -0.05) is 47.5 Å². The van der Waals surface area contributed by atoms with Crippen LogP contribution in [0.5, 0.6) is 5.75 Å². The average Bonchev–Trinajstić information content (AvgIpc) is 2.80. The largest absolute Gasteiger partial charge is 0.497 e. The first-order valence-corrected chi connectivity index (χ1v) is 10.9. The van der Waals surface area contributed by atoms with Crippen LogP contribution in [-0.4, -0.2) is 23.0 Å². The Morgan fingerprint density at radius 3 is 2.52 bits per heavy atom. The lowest BCUT2D eigenvalue weighted by molar-refractivity contribution is 0.206. The molecule has 0 saturated heterocycles. The highest BCUT2D eigenvalue weighted by Gasteiger charge is 2.18. The lowest BCUT2D eigenvalue weighted by Gasteiger charge is -2.24. The molecule has 0 unspecified atom stereocenters. The minimum Gasteiger partial charge on any atom is -0.497 e. The zero-order valence-corrected chi connectivity index (χ0v) is 19.3. The number of carbonyl (C=O) groups is 1. The highest BCUT2D eigenvalue weighted by atomic mass is 35.5. The number of H-pyrrole nitrogens is 1. The van der Waals surface area contributed by atoms with E-state index in [2.05, 4.69) is 10.3 Å². The highest BCUT2D eigenvalue weighted by molar-refractivity contribution is 6.31. The molecule has 0 radical (unpaired) electrons. The molecule has 8 heteroatoms. The van der Waals surface area contributed by atoms with Crippen LogP contribution in [-0.2, 0) is 13.1 Å². The van der Waals surface area contributed by atoms with Crippen molar-refractivity contribution in [2.45, 2.75) is 13.1 Å². The Morgan fingerprint density at radius 1 is 0.970 bits per heavy atom. The Bertz CT molecular complexity index is 1370. The zero-order chi connectivity index (χ0) is 23.4. The van der Waals surface area contributed by atoms with Crippen LogP contribution >= 0.6 is 23.2 Å². The molecule has 0 aliphatic rings. The van der Waals surface area contributed by atoms with Crippen molar-refractivity contribution < 1.29 is 9.53 Å². The summed E-state index contributed by atoms with van der Waals surface area (Å²) in [5.74, 6) is 0.646. The summed E-state index contributed by atoms with van der Waals surface area (Å²) in [7, 11) is 1.57. The Labute approximate surface area is 200 Å². The number of fused-ring (bicyclic) bond motifs is 1. The molecule has 0 fully saturated rings. The Hall–Kier alpha value is -3.48. The molecule has 2 amide bonds. The predicted molar refractivity (Wildman–Crippen MR) is 132 cm³/mol. The number of anilines is 1. The van der Waals surface area contributed by atoms with Crippen molar-refractivity contribution in [3.63, 3.8) is 0 Å². The first-order chi connectivity index (χ1) is 15.9. The summed E-state index contributed by atoms with van der Waals surface area (Å²) in [6.45, 7) is 0.293. The van der Waals surface area contributed by atoms with Gasteiger partial charge >= 0.3 is 6.03 Å². The molecule has 1 heterocycles. The fourth-order valence-corrected chi connectivity index (χ4v) is 3.86. The SMILES string of the molecule is COc1ccc2cc(CN(Cc3ccccc3Cl)C(=O)Nc3cccc(Cl)c3)c(=O)[nH]c2c1. The monoisotopic (exact) mass is 481 g/mol. The number of ether oxygens (including phenoxy) is 1. The molecule has 0 saturated carbocycles. The predicted octanol–water partition coefficient (Wildman–Crippen LogP) is 6.08. The molecule has 0 bridgehead atoms. The third-order valence-corrected chi connectivity index (χ3v) is 5.78. The van der Waals surface area contributed by atoms with E-state index in [1.807, 2.05) is 30.3 Å². The summed E-state index contributed by atoms with van der Waals surface area (Å²) in [4.78, 5) is 30.4. The van der Waals surface area contributed by atoms with Crippen LogP contribution in [0.3, 0.4) is 0 Å². The van der Waals surface area contributed by atoms with Crippen LogP contribution in [0.4, 0.5) is 10.5 Å². The molecule has 4 aromatic rings. The van der Waals surface area contributed by atoms with Crippen LogP contribution in [0.2, 0.25) is 10.0 Å². The first-order valence-electron chi connectivity index (χ1n) is 10.2. The Kier molecular flexibility index (Phi) is 6.87. The molecular formula is C25H21Cl2N3O3. The van der Waals surface area contributed by atoms with E-state index >= 15 is 0 Å². The van der Waals surface area contributed by atoms with Gasteiger partial charge in [0.15, 0.2) is 0 Å². The first kappa shape index (κ1) is 22.7. The van der Waals surface area contributed by atoms with E-state index in [4.69, 9.17) is 27.9 Å². The summed E-state index contributed by atoms with van der Waals surface area (Å²) in [6, 6.07) is 21.0. The van der Waals surface area contributed by atoms with Crippen LogP contribution < -0.4 is 15.6 Å². The second-order valence-corrected chi connectivity index (χ2v) is 8.31. The number of halogens is 2. The molecule has 4 rings (SSSR count). The number of rotatable bonds is 6. The van der Waals surface area contributed by atoms with Crippen molar-refractivity contribution >= 4 is 45.8 Å². The van der Waals surface area contributed by atoms with Crippen LogP contribution in [0.15, 0.2) is 77.6 Å².